The minimum Gasteiger partial charge on any atom is -0.493 e. The molecule has 46 heavy (non-hydrogen) atoms. The number of hydrogen-bond donors (Lipinski definition) is 3. The van der Waals surface area contributed by atoms with E-state index in [0.29, 0.717) is 59.0 Å². The number of carbonyl (C=O) groups is 3. The first-order chi connectivity index (χ1) is 21.9. The number of amides is 3. The lowest BCUT2D eigenvalue weighted by Crippen LogP contribution is -2.38. The number of sulfone groups is 1. The van der Waals surface area contributed by atoms with Crippen LogP contribution in [0.1, 0.15) is 60.3 Å². The quantitative estimate of drug-likeness (QED) is 0.262. The van der Waals surface area contributed by atoms with E-state index in [9.17, 15) is 22.8 Å². The van der Waals surface area contributed by atoms with Crippen LogP contribution in [0, 0.1) is 0 Å². The summed E-state index contributed by atoms with van der Waals surface area (Å²) in [5.74, 6) is 0.302. The van der Waals surface area contributed by atoms with Gasteiger partial charge in [0, 0.05) is 30.5 Å². The highest BCUT2D eigenvalue weighted by Crippen LogP contribution is 2.41. The molecule has 3 aromatic rings. The zero-order chi connectivity index (χ0) is 33.6. The van der Waals surface area contributed by atoms with Gasteiger partial charge in [-0.1, -0.05) is 12.1 Å². The number of nitrogens with zero attached hydrogens (tertiary/aromatic N) is 1. The molecule has 1 saturated heterocycles. The van der Waals surface area contributed by atoms with Gasteiger partial charge in [-0.3, -0.25) is 14.9 Å². The van der Waals surface area contributed by atoms with E-state index in [0.717, 1.165) is 0 Å². The van der Waals surface area contributed by atoms with Crippen molar-refractivity contribution in [2.45, 2.75) is 48.9 Å². The van der Waals surface area contributed by atoms with Gasteiger partial charge in [0.05, 0.1) is 37.5 Å². The molecule has 0 unspecified atom stereocenters. The van der Waals surface area contributed by atoms with Crippen molar-refractivity contribution in [3.8, 4) is 11.5 Å². The molecule has 1 aliphatic heterocycles. The first-order valence-electron chi connectivity index (χ1n) is 14.8. The molecule has 3 N–H and O–H groups in total. The van der Waals surface area contributed by atoms with E-state index in [2.05, 4.69) is 16.0 Å². The fourth-order valence-corrected chi connectivity index (χ4v) is 6.76. The summed E-state index contributed by atoms with van der Waals surface area (Å²) in [5.41, 5.74) is 2.24. The molecule has 1 aliphatic rings. The van der Waals surface area contributed by atoms with Gasteiger partial charge in [0.25, 0.3) is 5.91 Å². The van der Waals surface area contributed by atoms with Gasteiger partial charge >= 0.3 is 6.09 Å². The molecule has 2 atom stereocenters. The van der Waals surface area contributed by atoms with E-state index in [4.69, 9.17) is 14.2 Å². The average molecular weight is 653 g/mol. The first-order valence-corrected chi connectivity index (χ1v) is 16.3. The lowest BCUT2D eigenvalue weighted by atomic mass is 10.0. The van der Waals surface area contributed by atoms with E-state index in [1.165, 1.54) is 40.5 Å². The molecule has 0 radical (unpaired) electrons. The second-order valence-electron chi connectivity index (χ2n) is 11.0. The molecule has 1 heterocycles. The summed E-state index contributed by atoms with van der Waals surface area (Å²) >= 11 is 0. The van der Waals surface area contributed by atoms with Crippen molar-refractivity contribution in [2.24, 2.45) is 0 Å². The molecule has 0 saturated carbocycles. The number of ether oxygens (including phenoxy) is 3. The zero-order valence-electron chi connectivity index (χ0n) is 26.7. The standard InChI is InChI=1S/C33H40N4O8S/c1-20(2)46(41,42)29-15-13-24(36-33(40)45-6)19-25(29)26-11-8-16-37(26)32(39)30(21-12-14-27(43-4)28(18-21)44-5)35-23-10-7-9-22(17-23)31(38)34-3/h7,9-10,12-15,17-20,26,30,35H,8,11,16H2,1-6H3,(H,34,38)(H,36,40)/t26-,30-/m1/s1. The van der Waals surface area contributed by atoms with Gasteiger partial charge in [-0.2, -0.15) is 0 Å². The van der Waals surface area contributed by atoms with Crippen LogP contribution in [0.15, 0.2) is 65.6 Å². The van der Waals surface area contributed by atoms with E-state index in [1.54, 1.807) is 67.3 Å². The van der Waals surface area contributed by atoms with E-state index in [1.807, 2.05) is 0 Å². The normalized spacial score (nSPS) is 15.2. The Balaban J connectivity index is 1.82. The lowest BCUT2D eigenvalue weighted by molar-refractivity contribution is -0.133. The largest absolute Gasteiger partial charge is 0.493 e. The smallest absolute Gasteiger partial charge is 0.411 e. The Bertz CT molecular complexity index is 1710. The van der Waals surface area contributed by atoms with E-state index >= 15 is 0 Å². The third-order valence-corrected chi connectivity index (χ3v) is 10.1. The molecule has 12 nitrogen and oxygen atoms in total. The molecule has 246 valence electrons. The maximum atomic E-state index is 14.6. The second kappa shape index (κ2) is 14.5. The number of methoxy groups -OCH3 is 3. The van der Waals surface area contributed by atoms with Crippen LogP contribution in [0.25, 0.3) is 0 Å². The molecule has 13 heteroatoms. The van der Waals surface area contributed by atoms with Gasteiger partial charge in [0.2, 0.25) is 5.91 Å². The molecular formula is C33H40N4O8S. The summed E-state index contributed by atoms with van der Waals surface area (Å²) in [6, 6.07) is 14.9. The Hall–Kier alpha value is -4.78. The Morgan fingerprint density at radius 2 is 1.65 bits per heavy atom. The number of carbonyl (C=O) groups excluding carboxylic acids is 3. The van der Waals surface area contributed by atoms with Crippen molar-refractivity contribution in [3.63, 3.8) is 0 Å². The molecule has 1 fully saturated rings. The van der Waals surface area contributed by atoms with Crippen molar-refractivity contribution in [3.05, 3.63) is 77.4 Å². The molecule has 0 aromatic heterocycles. The average Bonchev–Trinajstić information content (AvgIpc) is 3.56. The topological polar surface area (TPSA) is 152 Å². The van der Waals surface area contributed by atoms with Crippen LogP contribution >= 0.6 is 0 Å². The molecule has 3 amide bonds. The van der Waals surface area contributed by atoms with E-state index in [-0.39, 0.29) is 16.7 Å². The fourth-order valence-electron chi connectivity index (χ4n) is 5.47. The van der Waals surface area contributed by atoms with Crippen LogP contribution in [0.4, 0.5) is 16.2 Å². The molecule has 3 aromatic carbocycles. The highest BCUT2D eigenvalue weighted by molar-refractivity contribution is 7.92. The molecular weight excluding hydrogens is 612 g/mol. The maximum Gasteiger partial charge on any atom is 0.411 e. The van der Waals surface area contributed by atoms with Crippen LogP contribution < -0.4 is 25.4 Å². The molecule has 0 spiro atoms. The third kappa shape index (κ3) is 7.20. The SMILES string of the molecule is CNC(=O)c1cccc(N[C@@H](C(=O)N2CCC[C@@H]2c2cc(NC(=O)OC)ccc2S(=O)(=O)C(C)C)c2ccc(OC)c(OC)c2)c1. The Morgan fingerprint density at radius 1 is 0.913 bits per heavy atom. The summed E-state index contributed by atoms with van der Waals surface area (Å²) in [6.07, 6.45) is 0.414. The minimum absolute atomic E-state index is 0.0940. The number of anilines is 2. The monoisotopic (exact) mass is 652 g/mol. The first kappa shape index (κ1) is 34.1. The number of rotatable bonds is 11. The lowest BCUT2D eigenvalue weighted by Gasteiger charge is -2.32. The van der Waals surface area contributed by atoms with Crippen molar-refractivity contribution >= 4 is 39.1 Å². The summed E-state index contributed by atoms with van der Waals surface area (Å²) in [6.45, 7) is 3.56. The van der Waals surface area contributed by atoms with Crippen molar-refractivity contribution < 1.29 is 37.0 Å². The van der Waals surface area contributed by atoms with Crippen LogP contribution in [-0.4, -0.2) is 71.4 Å². The van der Waals surface area contributed by atoms with Gasteiger partial charge in [-0.15, -0.1) is 0 Å². The van der Waals surface area contributed by atoms with E-state index < -0.39 is 33.3 Å². The third-order valence-electron chi connectivity index (χ3n) is 7.91. The summed E-state index contributed by atoms with van der Waals surface area (Å²) in [7, 11) is 2.02. The summed E-state index contributed by atoms with van der Waals surface area (Å²) in [5, 5.41) is 7.79. The second-order valence-corrected chi connectivity index (χ2v) is 13.5. The van der Waals surface area contributed by atoms with Crippen LogP contribution in [0.3, 0.4) is 0 Å². The van der Waals surface area contributed by atoms with Gasteiger partial charge in [-0.25, -0.2) is 13.2 Å². The van der Waals surface area contributed by atoms with Gasteiger partial charge in [0.1, 0.15) is 6.04 Å². The highest BCUT2D eigenvalue weighted by Gasteiger charge is 2.38. The predicted molar refractivity (Wildman–Crippen MR) is 174 cm³/mol. The van der Waals surface area contributed by atoms with Gasteiger partial charge in [0.15, 0.2) is 21.3 Å². The fraction of sp³-hybridized carbons (Fsp3) is 0.364. The van der Waals surface area contributed by atoms with Gasteiger partial charge < -0.3 is 29.7 Å². The number of hydrogen-bond acceptors (Lipinski definition) is 9. The number of nitrogens with one attached hydrogen (secondary N) is 3. The number of likely N-dealkylation sites (tertiary alicyclic amines) is 1. The minimum atomic E-state index is -3.76. The molecule has 4 rings (SSSR count). The predicted octanol–water partition coefficient (Wildman–Crippen LogP) is 4.94. The Labute approximate surface area is 269 Å². The van der Waals surface area contributed by atoms with Crippen molar-refractivity contribution in [2.75, 3.05) is 45.6 Å². The highest BCUT2D eigenvalue weighted by atomic mass is 32.2. The van der Waals surface area contributed by atoms with Crippen LogP contribution in [-0.2, 0) is 19.4 Å². The zero-order valence-corrected chi connectivity index (χ0v) is 27.6. The van der Waals surface area contributed by atoms with Crippen LogP contribution in [0.5, 0.6) is 11.5 Å². The Kier molecular flexibility index (Phi) is 10.8. The molecule has 0 bridgehead atoms. The van der Waals surface area contributed by atoms with Crippen molar-refractivity contribution in [1.82, 2.24) is 10.2 Å². The summed E-state index contributed by atoms with van der Waals surface area (Å²) in [4.78, 5) is 40.8. The number of benzene rings is 3. The van der Waals surface area contributed by atoms with Crippen molar-refractivity contribution in [1.29, 1.82) is 0 Å². The Morgan fingerprint density at radius 3 is 2.30 bits per heavy atom. The maximum absolute atomic E-state index is 14.6. The van der Waals surface area contributed by atoms with Gasteiger partial charge in [-0.05, 0) is 86.3 Å². The summed E-state index contributed by atoms with van der Waals surface area (Å²) < 4.78 is 42.7. The molecule has 0 aliphatic carbocycles. The van der Waals surface area contributed by atoms with Crippen LogP contribution in [0.2, 0.25) is 0 Å².